The van der Waals surface area contributed by atoms with E-state index in [1.807, 2.05) is 30.3 Å². The lowest BCUT2D eigenvalue weighted by Gasteiger charge is -2.07. The third kappa shape index (κ3) is 3.92. The second kappa shape index (κ2) is 6.30. The third-order valence-electron chi connectivity index (χ3n) is 2.34. The van der Waals surface area contributed by atoms with Crippen molar-refractivity contribution >= 4 is 11.9 Å². The molecule has 95 valence electrons. The van der Waals surface area contributed by atoms with Gasteiger partial charge in [-0.1, -0.05) is 30.3 Å². The summed E-state index contributed by atoms with van der Waals surface area (Å²) in [5.41, 5.74) is 1.38. The van der Waals surface area contributed by atoms with Gasteiger partial charge < -0.3 is 4.74 Å². The van der Waals surface area contributed by atoms with Crippen molar-refractivity contribution in [2.75, 3.05) is 0 Å². The van der Waals surface area contributed by atoms with Gasteiger partial charge >= 0.3 is 6.09 Å². The van der Waals surface area contributed by atoms with Crippen LogP contribution in [0.25, 0.3) is 0 Å². The molecule has 0 saturated carbocycles. The molecule has 1 radical (unpaired) electrons. The van der Waals surface area contributed by atoms with Crippen LogP contribution in [0.5, 0.6) is 0 Å². The number of hydrogen-bond donors (Lipinski definition) is 2. The fourth-order valence-corrected chi connectivity index (χ4v) is 1.40. The van der Waals surface area contributed by atoms with Gasteiger partial charge in [-0.2, -0.15) is 0 Å². The number of amides is 1. The fourth-order valence-electron chi connectivity index (χ4n) is 1.40. The van der Waals surface area contributed by atoms with Crippen molar-refractivity contribution < 1.29 is 9.53 Å². The van der Waals surface area contributed by atoms with E-state index in [0.29, 0.717) is 5.56 Å². The molecule has 0 aliphatic rings. The average molecular weight is 254 g/mol. The minimum absolute atomic E-state index is 0.0560. The average Bonchev–Trinajstić information content (AvgIpc) is 2.47. The number of carbonyl (C=O) groups is 1. The van der Waals surface area contributed by atoms with E-state index in [9.17, 15) is 4.79 Å². The minimum Gasteiger partial charge on any atom is -0.444 e. The van der Waals surface area contributed by atoms with Crippen LogP contribution in [0, 0.1) is 11.6 Å². The van der Waals surface area contributed by atoms with Gasteiger partial charge in [0.25, 0.3) is 0 Å². The molecule has 0 fully saturated rings. The number of rotatable bonds is 3. The van der Waals surface area contributed by atoms with Crippen molar-refractivity contribution in [1.29, 1.82) is 5.41 Å². The first kappa shape index (κ1) is 12.8. The number of carbonyl (C=O) groups excluding carboxylic acids is 1. The molecular weight excluding hydrogens is 242 g/mol. The minimum atomic E-state index is -0.665. The van der Waals surface area contributed by atoms with Gasteiger partial charge in [0.2, 0.25) is 0 Å². The maximum atomic E-state index is 11.5. The van der Waals surface area contributed by atoms with E-state index in [1.54, 1.807) is 12.1 Å². The number of benzene rings is 1. The largest absolute Gasteiger partial charge is 0.444 e. The molecule has 1 amide bonds. The van der Waals surface area contributed by atoms with Crippen molar-refractivity contribution in [1.82, 2.24) is 10.3 Å². The maximum Gasteiger partial charge on any atom is 0.413 e. The molecular formula is C14H12N3O2. The summed E-state index contributed by atoms with van der Waals surface area (Å²) in [5.74, 6) is -0.0560. The van der Waals surface area contributed by atoms with Gasteiger partial charge in [0.05, 0.1) is 6.20 Å². The summed E-state index contributed by atoms with van der Waals surface area (Å²) in [6.45, 7) is 0.167. The molecule has 2 N–H and O–H groups in total. The summed E-state index contributed by atoms with van der Waals surface area (Å²) in [6, 6.07) is 12.5. The monoisotopic (exact) mass is 254 g/mol. The zero-order valence-electron chi connectivity index (χ0n) is 10.1. The van der Waals surface area contributed by atoms with E-state index in [-0.39, 0.29) is 12.4 Å². The number of alkyl carbamates (subject to hydrolysis) is 1. The number of hydrogen-bond acceptors (Lipinski definition) is 4. The summed E-state index contributed by atoms with van der Waals surface area (Å²) in [7, 11) is 0. The highest BCUT2D eigenvalue weighted by Crippen LogP contribution is 2.01. The second-order valence-corrected chi connectivity index (χ2v) is 3.74. The van der Waals surface area contributed by atoms with E-state index < -0.39 is 6.09 Å². The third-order valence-corrected chi connectivity index (χ3v) is 2.34. The molecule has 0 unspecified atom stereocenters. The fraction of sp³-hybridized carbons (Fsp3) is 0.0714. The normalized spacial score (nSPS) is 9.68. The van der Waals surface area contributed by atoms with Crippen LogP contribution >= 0.6 is 0 Å². The summed E-state index contributed by atoms with van der Waals surface area (Å²) < 4.78 is 5.00. The molecule has 0 spiro atoms. The first-order chi connectivity index (χ1) is 9.25. The lowest BCUT2D eigenvalue weighted by atomic mass is 10.2. The Labute approximate surface area is 110 Å². The molecule has 2 aromatic rings. The van der Waals surface area contributed by atoms with Crippen LogP contribution in [-0.2, 0) is 11.3 Å². The Balaban J connectivity index is 1.83. The van der Waals surface area contributed by atoms with Crippen molar-refractivity contribution in [3.63, 3.8) is 0 Å². The van der Waals surface area contributed by atoms with Gasteiger partial charge in [0.1, 0.15) is 12.4 Å². The van der Waals surface area contributed by atoms with Gasteiger partial charge in [-0.25, -0.2) is 4.79 Å². The number of nitrogens with zero attached hydrogens (tertiary/aromatic N) is 1. The van der Waals surface area contributed by atoms with Gasteiger partial charge in [-0.05, 0) is 17.7 Å². The van der Waals surface area contributed by atoms with E-state index in [0.717, 1.165) is 5.56 Å². The first-order valence-electron chi connectivity index (χ1n) is 5.64. The molecule has 19 heavy (non-hydrogen) atoms. The molecule has 1 heterocycles. The van der Waals surface area contributed by atoms with Crippen molar-refractivity contribution in [2.24, 2.45) is 0 Å². The van der Waals surface area contributed by atoms with Gasteiger partial charge in [0, 0.05) is 11.8 Å². The Kier molecular flexibility index (Phi) is 4.23. The Morgan fingerprint density at radius 3 is 2.79 bits per heavy atom. The topological polar surface area (TPSA) is 75.1 Å². The summed E-state index contributed by atoms with van der Waals surface area (Å²) in [6.07, 6.45) is 3.38. The summed E-state index contributed by atoms with van der Waals surface area (Å²) in [5, 5.41) is 10.0. The standard InChI is InChI=1S/C14H12N3O2/c15-13(12-7-4-8-16-9-12)17-14(18)19-10-11-5-2-1-3-6-11/h1-7,9H,10H2,(H2,15,17,18). The molecule has 0 saturated heterocycles. The van der Waals surface area contributed by atoms with Gasteiger partial charge in [0.15, 0.2) is 0 Å². The van der Waals surface area contributed by atoms with Gasteiger partial charge in [-0.3, -0.25) is 15.7 Å². The van der Waals surface area contributed by atoms with E-state index >= 15 is 0 Å². The zero-order chi connectivity index (χ0) is 13.5. The summed E-state index contributed by atoms with van der Waals surface area (Å²) in [4.78, 5) is 15.2. The molecule has 5 nitrogen and oxygen atoms in total. The Hall–Kier alpha value is -2.69. The Bertz CT molecular complexity index is 555. The van der Waals surface area contributed by atoms with E-state index in [2.05, 4.69) is 16.5 Å². The van der Waals surface area contributed by atoms with Crippen LogP contribution in [0.2, 0.25) is 0 Å². The maximum absolute atomic E-state index is 11.5. The molecule has 0 aliphatic carbocycles. The number of nitrogens with one attached hydrogen (secondary N) is 2. The molecule has 2 rings (SSSR count). The highest BCUT2D eigenvalue weighted by Gasteiger charge is 2.07. The molecule has 1 aromatic carbocycles. The van der Waals surface area contributed by atoms with Crippen LogP contribution < -0.4 is 5.32 Å². The van der Waals surface area contributed by atoms with Crippen LogP contribution in [-0.4, -0.2) is 16.9 Å². The van der Waals surface area contributed by atoms with E-state index in [1.165, 1.54) is 6.20 Å². The number of ether oxygens (including phenoxy) is 1. The SMILES string of the molecule is N=C(NC(=O)OCc1ccccc1)c1cc[c]nc1. The zero-order valence-corrected chi connectivity index (χ0v) is 10.1. The smallest absolute Gasteiger partial charge is 0.413 e. The lowest BCUT2D eigenvalue weighted by Crippen LogP contribution is -2.31. The van der Waals surface area contributed by atoms with Crippen molar-refractivity contribution in [3.05, 3.63) is 66.0 Å². The number of aromatic nitrogens is 1. The van der Waals surface area contributed by atoms with Crippen LogP contribution in [0.4, 0.5) is 4.79 Å². The molecule has 0 atom stereocenters. The number of pyridine rings is 1. The molecule has 0 aliphatic heterocycles. The van der Waals surface area contributed by atoms with Crippen LogP contribution in [0.1, 0.15) is 11.1 Å². The van der Waals surface area contributed by atoms with Crippen molar-refractivity contribution in [3.8, 4) is 0 Å². The quantitative estimate of drug-likeness (QED) is 0.650. The van der Waals surface area contributed by atoms with Crippen molar-refractivity contribution in [2.45, 2.75) is 6.61 Å². The number of amidine groups is 1. The van der Waals surface area contributed by atoms with Crippen LogP contribution in [0.3, 0.4) is 0 Å². The lowest BCUT2D eigenvalue weighted by molar-refractivity contribution is 0.145. The molecule has 0 bridgehead atoms. The molecule has 1 aromatic heterocycles. The van der Waals surface area contributed by atoms with Crippen LogP contribution in [0.15, 0.2) is 48.7 Å². The first-order valence-corrected chi connectivity index (χ1v) is 5.64. The Morgan fingerprint density at radius 2 is 2.11 bits per heavy atom. The van der Waals surface area contributed by atoms with Gasteiger partial charge in [-0.15, -0.1) is 0 Å². The summed E-state index contributed by atoms with van der Waals surface area (Å²) >= 11 is 0. The predicted molar refractivity (Wildman–Crippen MR) is 69.7 cm³/mol. The highest BCUT2D eigenvalue weighted by molar-refractivity contribution is 6.04. The molecule has 5 heteroatoms. The Morgan fingerprint density at radius 1 is 1.32 bits per heavy atom. The van der Waals surface area contributed by atoms with E-state index in [4.69, 9.17) is 10.1 Å². The predicted octanol–water partition coefficient (Wildman–Crippen LogP) is 2.13. The highest BCUT2D eigenvalue weighted by atomic mass is 16.5. The second-order valence-electron chi connectivity index (χ2n) is 3.74.